The Bertz CT molecular complexity index is 427. The molecule has 18 heavy (non-hydrogen) atoms. The molecule has 0 saturated heterocycles. The van der Waals surface area contributed by atoms with E-state index in [9.17, 15) is 0 Å². The van der Waals surface area contributed by atoms with Gasteiger partial charge in [0.25, 0.3) is 0 Å². The average molecular weight is 246 g/mol. The van der Waals surface area contributed by atoms with Gasteiger partial charge in [-0.25, -0.2) is 0 Å². The first-order chi connectivity index (χ1) is 8.88. The molecule has 1 saturated carbocycles. The van der Waals surface area contributed by atoms with Crippen molar-refractivity contribution < 1.29 is 14.6 Å². The summed E-state index contributed by atoms with van der Waals surface area (Å²) < 4.78 is 11.2. The predicted octanol–water partition coefficient (Wildman–Crippen LogP) is 1.98. The van der Waals surface area contributed by atoms with E-state index < -0.39 is 0 Å². The predicted molar refractivity (Wildman–Crippen MR) is 69.5 cm³/mol. The van der Waals surface area contributed by atoms with Crippen LogP contribution in [0.5, 0.6) is 5.75 Å². The molecule has 0 bridgehead atoms. The third-order valence-electron chi connectivity index (χ3n) is 2.90. The van der Waals surface area contributed by atoms with Crippen LogP contribution in [-0.4, -0.2) is 31.0 Å². The zero-order chi connectivity index (χ0) is 12.6. The maximum atomic E-state index is 8.63. The minimum Gasteiger partial charge on any atom is -0.491 e. The molecule has 0 aliphatic heterocycles. The molecular weight excluding hydrogens is 228 g/mol. The van der Waals surface area contributed by atoms with Gasteiger partial charge in [0.1, 0.15) is 19.0 Å². The van der Waals surface area contributed by atoms with Gasteiger partial charge in [0.15, 0.2) is 0 Å². The highest BCUT2D eigenvalue weighted by Gasteiger charge is 2.17. The van der Waals surface area contributed by atoms with Gasteiger partial charge in [0.2, 0.25) is 0 Å². The van der Waals surface area contributed by atoms with Crippen LogP contribution < -0.4 is 4.74 Å². The highest BCUT2D eigenvalue weighted by atomic mass is 16.5. The Hall–Kier alpha value is -1.50. The lowest BCUT2D eigenvalue weighted by atomic mass is 9.96. The van der Waals surface area contributed by atoms with Gasteiger partial charge in [-0.2, -0.15) is 0 Å². The van der Waals surface area contributed by atoms with E-state index in [1.165, 1.54) is 19.3 Å². The molecule has 1 N–H and O–H groups in total. The van der Waals surface area contributed by atoms with E-state index in [-0.39, 0.29) is 6.61 Å². The number of ether oxygens (including phenoxy) is 2. The standard InChI is InChI=1S/C15H18O3/c16-9-3-5-13-4-1-8-15(12-13)18-11-10-17-14-6-2-7-14/h1,4,8,12,14,16H,2,6-7,9-11H2. The summed E-state index contributed by atoms with van der Waals surface area (Å²) in [4.78, 5) is 0. The molecule has 0 heterocycles. The van der Waals surface area contributed by atoms with Gasteiger partial charge in [0, 0.05) is 5.56 Å². The summed E-state index contributed by atoms with van der Waals surface area (Å²) in [6.45, 7) is 1.07. The van der Waals surface area contributed by atoms with Crippen molar-refractivity contribution in [3.8, 4) is 17.6 Å². The van der Waals surface area contributed by atoms with Crippen molar-refractivity contribution in [2.45, 2.75) is 25.4 Å². The molecule has 0 amide bonds. The first kappa shape index (κ1) is 12.9. The van der Waals surface area contributed by atoms with E-state index in [4.69, 9.17) is 14.6 Å². The number of rotatable bonds is 5. The van der Waals surface area contributed by atoms with E-state index in [1.54, 1.807) is 0 Å². The van der Waals surface area contributed by atoms with Crippen molar-refractivity contribution >= 4 is 0 Å². The fourth-order valence-electron chi connectivity index (χ4n) is 1.72. The summed E-state index contributed by atoms with van der Waals surface area (Å²) in [7, 11) is 0. The third kappa shape index (κ3) is 4.06. The SMILES string of the molecule is OCC#Cc1cccc(OCCOC2CCC2)c1. The fraction of sp³-hybridized carbons (Fsp3) is 0.467. The topological polar surface area (TPSA) is 38.7 Å². The largest absolute Gasteiger partial charge is 0.491 e. The zero-order valence-corrected chi connectivity index (χ0v) is 10.4. The summed E-state index contributed by atoms with van der Waals surface area (Å²) in [6.07, 6.45) is 4.12. The van der Waals surface area contributed by atoms with Crippen LogP contribution in [0.1, 0.15) is 24.8 Å². The van der Waals surface area contributed by atoms with Gasteiger partial charge in [-0.05, 0) is 37.5 Å². The monoisotopic (exact) mass is 246 g/mol. The lowest BCUT2D eigenvalue weighted by molar-refractivity contribution is -0.0103. The molecule has 0 aromatic heterocycles. The Labute approximate surface area is 108 Å². The van der Waals surface area contributed by atoms with Crippen LogP contribution in [0.4, 0.5) is 0 Å². The Morgan fingerprint density at radius 1 is 1.28 bits per heavy atom. The van der Waals surface area contributed by atoms with E-state index in [0.29, 0.717) is 19.3 Å². The fourth-order valence-corrected chi connectivity index (χ4v) is 1.72. The van der Waals surface area contributed by atoms with Crippen LogP contribution in [0, 0.1) is 11.8 Å². The van der Waals surface area contributed by atoms with Crippen molar-refractivity contribution in [3.05, 3.63) is 29.8 Å². The summed E-state index contributed by atoms with van der Waals surface area (Å²) in [5, 5.41) is 8.63. The zero-order valence-electron chi connectivity index (χ0n) is 10.4. The van der Waals surface area contributed by atoms with Gasteiger partial charge >= 0.3 is 0 Å². The number of hydrogen-bond acceptors (Lipinski definition) is 3. The van der Waals surface area contributed by atoms with Crippen LogP contribution >= 0.6 is 0 Å². The molecular formula is C15H18O3. The molecule has 0 unspecified atom stereocenters. The van der Waals surface area contributed by atoms with Crippen LogP contribution in [-0.2, 0) is 4.74 Å². The number of aliphatic hydroxyl groups excluding tert-OH is 1. The second-order valence-electron chi connectivity index (χ2n) is 4.26. The van der Waals surface area contributed by atoms with Crippen molar-refractivity contribution in [1.29, 1.82) is 0 Å². The Balaban J connectivity index is 1.74. The van der Waals surface area contributed by atoms with Gasteiger partial charge < -0.3 is 14.6 Å². The van der Waals surface area contributed by atoms with Crippen LogP contribution in [0.3, 0.4) is 0 Å². The van der Waals surface area contributed by atoms with Crippen LogP contribution in [0.25, 0.3) is 0 Å². The minimum absolute atomic E-state index is 0.125. The first-order valence-electron chi connectivity index (χ1n) is 6.32. The van der Waals surface area contributed by atoms with Gasteiger partial charge in [-0.3, -0.25) is 0 Å². The molecule has 3 heteroatoms. The van der Waals surface area contributed by atoms with E-state index in [2.05, 4.69) is 11.8 Å². The molecule has 1 aromatic rings. The molecule has 1 aromatic carbocycles. The quantitative estimate of drug-likeness (QED) is 0.638. The number of aliphatic hydroxyl groups is 1. The molecule has 96 valence electrons. The maximum absolute atomic E-state index is 8.63. The van der Waals surface area contributed by atoms with Crippen molar-refractivity contribution in [1.82, 2.24) is 0 Å². The highest BCUT2D eigenvalue weighted by molar-refractivity contribution is 5.39. The average Bonchev–Trinajstić information content (AvgIpc) is 2.34. The summed E-state index contributed by atoms with van der Waals surface area (Å²) >= 11 is 0. The summed E-state index contributed by atoms with van der Waals surface area (Å²) in [6, 6.07) is 7.55. The lowest BCUT2D eigenvalue weighted by Gasteiger charge is -2.25. The third-order valence-corrected chi connectivity index (χ3v) is 2.90. The van der Waals surface area contributed by atoms with Gasteiger partial charge in [-0.1, -0.05) is 17.9 Å². The lowest BCUT2D eigenvalue weighted by Crippen LogP contribution is -2.23. The van der Waals surface area contributed by atoms with Gasteiger partial charge in [-0.15, -0.1) is 0 Å². The Kier molecular flexibility index (Phi) is 5.07. The molecule has 0 spiro atoms. The molecule has 1 aliphatic carbocycles. The summed E-state index contributed by atoms with van der Waals surface area (Å²) in [5.74, 6) is 6.25. The van der Waals surface area contributed by atoms with E-state index >= 15 is 0 Å². The molecule has 2 rings (SSSR count). The molecule has 0 radical (unpaired) electrons. The van der Waals surface area contributed by atoms with Crippen LogP contribution in [0.15, 0.2) is 24.3 Å². The number of benzene rings is 1. The van der Waals surface area contributed by atoms with Crippen LogP contribution in [0.2, 0.25) is 0 Å². The Morgan fingerprint density at radius 2 is 2.17 bits per heavy atom. The number of hydrogen-bond donors (Lipinski definition) is 1. The van der Waals surface area contributed by atoms with Crippen molar-refractivity contribution in [3.63, 3.8) is 0 Å². The maximum Gasteiger partial charge on any atom is 0.120 e. The first-order valence-corrected chi connectivity index (χ1v) is 6.32. The molecule has 3 nitrogen and oxygen atoms in total. The second kappa shape index (κ2) is 7.05. The Morgan fingerprint density at radius 3 is 2.89 bits per heavy atom. The van der Waals surface area contributed by atoms with E-state index in [1.807, 2.05) is 24.3 Å². The smallest absolute Gasteiger partial charge is 0.120 e. The van der Waals surface area contributed by atoms with E-state index in [0.717, 1.165) is 11.3 Å². The van der Waals surface area contributed by atoms with Gasteiger partial charge in [0.05, 0.1) is 12.7 Å². The second-order valence-corrected chi connectivity index (χ2v) is 4.26. The molecule has 1 aliphatic rings. The van der Waals surface area contributed by atoms with Crippen molar-refractivity contribution in [2.24, 2.45) is 0 Å². The highest BCUT2D eigenvalue weighted by Crippen LogP contribution is 2.21. The molecule has 1 fully saturated rings. The van der Waals surface area contributed by atoms with Crippen molar-refractivity contribution in [2.75, 3.05) is 19.8 Å². The summed E-state index contributed by atoms with van der Waals surface area (Å²) in [5.41, 5.74) is 0.849. The normalized spacial score (nSPS) is 14.5. The minimum atomic E-state index is -0.125. The molecule has 0 atom stereocenters.